The van der Waals surface area contributed by atoms with Crippen LogP contribution in [0.25, 0.3) is 0 Å². The smallest absolute Gasteiger partial charge is 0.353 e. The van der Waals surface area contributed by atoms with Crippen LogP contribution in [0.3, 0.4) is 0 Å². The minimum Gasteiger partial charge on any atom is -0.353 e. The highest BCUT2D eigenvalue weighted by molar-refractivity contribution is 6.33. The first-order valence-electron chi connectivity index (χ1n) is 8.76. The lowest BCUT2D eigenvalue weighted by Gasteiger charge is -2.20. The van der Waals surface area contributed by atoms with E-state index in [9.17, 15) is 18.0 Å². The van der Waals surface area contributed by atoms with Crippen LogP contribution in [0.1, 0.15) is 37.7 Å². The lowest BCUT2D eigenvalue weighted by molar-refractivity contribution is -0.137. The number of carbonyl (C=O) groups excluding carboxylic acids is 1. The van der Waals surface area contributed by atoms with Gasteiger partial charge in [-0.1, -0.05) is 18.0 Å². The molecule has 144 valence electrons. The third-order valence-corrected chi connectivity index (χ3v) is 5.45. The quantitative estimate of drug-likeness (QED) is 0.829. The highest BCUT2D eigenvalue weighted by Crippen LogP contribution is 2.34. The summed E-state index contributed by atoms with van der Waals surface area (Å²) in [5.74, 6) is 0.526. The van der Waals surface area contributed by atoms with Gasteiger partial charge in [0.05, 0.1) is 10.6 Å². The summed E-state index contributed by atoms with van der Waals surface area (Å²) in [6, 6.07) is 0.911. The molecule has 5 nitrogen and oxygen atoms in total. The molecular formula is C17H22ClF3N4O. The Morgan fingerprint density at radius 3 is 2.77 bits per heavy atom. The molecule has 3 rings (SSSR count). The fourth-order valence-corrected chi connectivity index (χ4v) is 4.02. The van der Waals surface area contributed by atoms with E-state index in [0.717, 1.165) is 31.5 Å². The van der Waals surface area contributed by atoms with Gasteiger partial charge >= 0.3 is 6.18 Å². The average Bonchev–Trinajstić information content (AvgIpc) is 3.16. The Balaban J connectivity index is 1.56. The van der Waals surface area contributed by atoms with Gasteiger partial charge in [-0.05, 0) is 31.2 Å². The third kappa shape index (κ3) is 4.40. The molecule has 2 aliphatic rings. The van der Waals surface area contributed by atoms with Crippen LogP contribution < -0.4 is 16.0 Å². The Hall–Kier alpha value is -1.54. The van der Waals surface area contributed by atoms with Gasteiger partial charge < -0.3 is 16.0 Å². The monoisotopic (exact) mass is 390 g/mol. The maximum Gasteiger partial charge on any atom is 0.417 e. The number of hydrogen-bond donors (Lipinski definition) is 2. The van der Waals surface area contributed by atoms with Gasteiger partial charge in [-0.25, -0.2) is 4.98 Å². The normalized spacial score (nSPS) is 26.3. The molecule has 0 aromatic carbocycles. The van der Waals surface area contributed by atoms with E-state index in [0.29, 0.717) is 31.7 Å². The van der Waals surface area contributed by atoms with Crippen LogP contribution in [-0.2, 0) is 11.0 Å². The lowest BCUT2D eigenvalue weighted by Crippen LogP contribution is -2.39. The van der Waals surface area contributed by atoms with E-state index in [4.69, 9.17) is 17.3 Å². The van der Waals surface area contributed by atoms with Crippen molar-refractivity contribution in [3.8, 4) is 0 Å². The molecule has 0 bridgehead atoms. The van der Waals surface area contributed by atoms with Crippen LogP contribution in [0, 0.1) is 5.92 Å². The topological polar surface area (TPSA) is 71.2 Å². The van der Waals surface area contributed by atoms with Gasteiger partial charge in [0, 0.05) is 37.8 Å². The average molecular weight is 391 g/mol. The van der Waals surface area contributed by atoms with Crippen LogP contribution in [0.2, 0.25) is 5.02 Å². The molecule has 1 aromatic heterocycles. The van der Waals surface area contributed by atoms with Gasteiger partial charge in [0.1, 0.15) is 5.82 Å². The first-order chi connectivity index (χ1) is 12.2. The molecule has 1 unspecified atom stereocenters. The number of aromatic nitrogens is 1. The van der Waals surface area contributed by atoms with Crippen molar-refractivity contribution in [2.45, 2.75) is 50.4 Å². The van der Waals surface area contributed by atoms with Gasteiger partial charge in [0.15, 0.2) is 0 Å². The van der Waals surface area contributed by atoms with Crippen molar-refractivity contribution in [3.05, 3.63) is 22.8 Å². The minimum atomic E-state index is -4.47. The van der Waals surface area contributed by atoms with Crippen LogP contribution >= 0.6 is 11.6 Å². The Bertz CT molecular complexity index is 670. The fourth-order valence-electron chi connectivity index (χ4n) is 3.73. The molecule has 1 amide bonds. The van der Waals surface area contributed by atoms with Crippen LogP contribution in [0.15, 0.2) is 12.3 Å². The molecule has 2 heterocycles. The lowest BCUT2D eigenvalue weighted by atomic mass is 9.99. The number of alkyl halides is 3. The van der Waals surface area contributed by atoms with Gasteiger partial charge in [0.25, 0.3) is 0 Å². The number of nitrogens with zero attached hydrogens (tertiary/aromatic N) is 2. The van der Waals surface area contributed by atoms with E-state index >= 15 is 0 Å². The number of nitrogens with two attached hydrogens (primary N) is 1. The van der Waals surface area contributed by atoms with Crippen molar-refractivity contribution in [3.63, 3.8) is 0 Å². The second kappa shape index (κ2) is 7.60. The van der Waals surface area contributed by atoms with E-state index in [1.165, 1.54) is 0 Å². The van der Waals surface area contributed by atoms with E-state index in [2.05, 4.69) is 10.3 Å². The summed E-state index contributed by atoms with van der Waals surface area (Å²) >= 11 is 5.99. The fraction of sp³-hybridized carbons (Fsp3) is 0.647. The molecule has 0 radical (unpaired) electrons. The second-order valence-electron chi connectivity index (χ2n) is 7.09. The largest absolute Gasteiger partial charge is 0.417 e. The highest BCUT2D eigenvalue weighted by Gasteiger charge is 2.33. The molecule has 26 heavy (non-hydrogen) atoms. The SMILES string of the molecule is N[C@@H]1CCC[C@H]1CC(=O)NC1CCN(c2ncc(C(F)(F)F)cc2Cl)C1. The number of pyridine rings is 1. The molecule has 1 saturated heterocycles. The maximum atomic E-state index is 12.7. The van der Waals surface area contributed by atoms with E-state index < -0.39 is 11.7 Å². The maximum absolute atomic E-state index is 12.7. The molecule has 1 aliphatic heterocycles. The van der Waals surface area contributed by atoms with Gasteiger partial charge in [0.2, 0.25) is 5.91 Å². The number of rotatable bonds is 4. The van der Waals surface area contributed by atoms with Crippen LogP contribution in [-0.4, -0.2) is 36.1 Å². The molecule has 1 aromatic rings. The summed E-state index contributed by atoms with van der Waals surface area (Å²) in [6.45, 7) is 1.05. The van der Waals surface area contributed by atoms with Gasteiger partial charge in [-0.3, -0.25) is 4.79 Å². The highest BCUT2D eigenvalue weighted by atomic mass is 35.5. The van der Waals surface area contributed by atoms with Crippen LogP contribution in [0.4, 0.5) is 19.0 Å². The molecule has 1 aliphatic carbocycles. The van der Waals surface area contributed by atoms with E-state index in [1.807, 2.05) is 0 Å². The van der Waals surface area contributed by atoms with Crippen molar-refractivity contribution >= 4 is 23.3 Å². The van der Waals surface area contributed by atoms with E-state index in [1.54, 1.807) is 4.90 Å². The van der Waals surface area contributed by atoms with Crippen LogP contribution in [0.5, 0.6) is 0 Å². The number of anilines is 1. The summed E-state index contributed by atoms with van der Waals surface area (Å²) in [5, 5.41) is 2.96. The summed E-state index contributed by atoms with van der Waals surface area (Å²) in [6.07, 6.45) is 0.447. The summed E-state index contributed by atoms with van der Waals surface area (Å²) < 4.78 is 38.1. The van der Waals surface area contributed by atoms with Crippen molar-refractivity contribution in [1.82, 2.24) is 10.3 Å². The number of halogens is 4. The predicted octanol–water partition coefficient (Wildman–Crippen LogP) is 2.97. The Morgan fingerprint density at radius 1 is 1.38 bits per heavy atom. The molecule has 3 atom stereocenters. The van der Waals surface area contributed by atoms with E-state index in [-0.39, 0.29) is 28.9 Å². The van der Waals surface area contributed by atoms with Crippen molar-refractivity contribution in [2.75, 3.05) is 18.0 Å². The first kappa shape index (κ1) is 19.2. The van der Waals surface area contributed by atoms with Gasteiger partial charge in [-0.15, -0.1) is 0 Å². The van der Waals surface area contributed by atoms with Gasteiger partial charge in [-0.2, -0.15) is 13.2 Å². The Labute approximate surface area is 155 Å². The zero-order valence-corrected chi connectivity index (χ0v) is 15.0. The third-order valence-electron chi connectivity index (χ3n) is 5.17. The zero-order valence-electron chi connectivity index (χ0n) is 14.2. The van der Waals surface area contributed by atoms with Crippen molar-refractivity contribution in [1.29, 1.82) is 0 Å². The number of nitrogens with one attached hydrogen (secondary N) is 1. The Kier molecular flexibility index (Phi) is 5.62. The summed E-state index contributed by atoms with van der Waals surface area (Å²) in [5.41, 5.74) is 5.13. The first-order valence-corrected chi connectivity index (χ1v) is 9.14. The molecule has 0 spiro atoms. The molecular weight excluding hydrogens is 369 g/mol. The molecule has 3 N–H and O–H groups in total. The van der Waals surface area contributed by atoms with Crippen molar-refractivity contribution < 1.29 is 18.0 Å². The standard InChI is InChI=1S/C17H22ClF3N4O/c18-13-7-11(17(19,20)21)8-23-16(13)25-5-4-12(9-25)24-15(26)6-10-2-1-3-14(10)22/h7-8,10,12,14H,1-6,9,22H2,(H,24,26)/t10-,12?,14+/m0/s1. The minimum absolute atomic E-state index is 0.0225. The molecule has 1 saturated carbocycles. The van der Waals surface area contributed by atoms with Crippen molar-refractivity contribution in [2.24, 2.45) is 11.7 Å². The Morgan fingerprint density at radius 2 is 2.15 bits per heavy atom. The number of amides is 1. The summed E-state index contributed by atoms with van der Waals surface area (Å²) in [7, 11) is 0. The number of carbonyl (C=O) groups is 1. The second-order valence-corrected chi connectivity index (χ2v) is 7.49. The summed E-state index contributed by atoms with van der Waals surface area (Å²) in [4.78, 5) is 17.9. The predicted molar refractivity (Wildman–Crippen MR) is 92.9 cm³/mol. The molecule has 2 fully saturated rings. The zero-order chi connectivity index (χ0) is 18.9. The molecule has 9 heteroatoms. The number of hydrogen-bond acceptors (Lipinski definition) is 4.